The molecule has 0 amide bonds. The molecule has 1 saturated carbocycles. The van der Waals surface area contributed by atoms with Gasteiger partial charge in [0.25, 0.3) is 0 Å². The highest BCUT2D eigenvalue weighted by molar-refractivity contribution is 5.79. The van der Waals surface area contributed by atoms with E-state index in [2.05, 4.69) is 21.8 Å². The van der Waals surface area contributed by atoms with Crippen molar-refractivity contribution in [3.8, 4) is 0 Å². The highest BCUT2D eigenvalue weighted by Gasteiger charge is 2.55. The second-order valence-electron chi connectivity index (χ2n) is 6.42. The molecule has 0 radical (unpaired) electrons. The second-order valence-corrected chi connectivity index (χ2v) is 6.42. The lowest BCUT2D eigenvalue weighted by molar-refractivity contribution is -0.152. The molecule has 0 aromatic carbocycles. The van der Waals surface area contributed by atoms with Gasteiger partial charge in [-0.05, 0) is 39.5 Å². The zero-order valence-corrected chi connectivity index (χ0v) is 13.3. The number of rotatable bonds is 2. The summed E-state index contributed by atoms with van der Waals surface area (Å²) in [5.74, 6) is 2.11. The Morgan fingerprint density at radius 1 is 1.33 bits per heavy atom. The molecule has 2 atom stereocenters. The van der Waals surface area contributed by atoms with Gasteiger partial charge in [0.1, 0.15) is 11.6 Å². The maximum absolute atomic E-state index is 12.3. The summed E-state index contributed by atoms with van der Waals surface area (Å²) in [6.07, 6.45) is 3.16. The van der Waals surface area contributed by atoms with Gasteiger partial charge in [0.05, 0.1) is 12.5 Å². The van der Waals surface area contributed by atoms with Crippen molar-refractivity contribution in [2.75, 3.05) is 25.1 Å². The Morgan fingerprint density at radius 2 is 2.10 bits per heavy atom. The summed E-state index contributed by atoms with van der Waals surface area (Å²) in [7, 11) is 1.50. The number of fused-ring (bicyclic) bond motifs is 1. The van der Waals surface area contributed by atoms with Crippen molar-refractivity contribution in [1.82, 2.24) is 9.97 Å². The van der Waals surface area contributed by atoms with E-state index in [4.69, 9.17) is 4.74 Å². The number of esters is 1. The van der Waals surface area contributed by atoms with E-state index >= 15 is 0 Å². The lowest BCUT2D eigenvalue weighted by Crippen LogP contribution is -2.37. The van der Waals surface area contributed by atoms with Gasteiger partial charge in [-0.25, -0.2) is 9.97 Å². The van der Waals surface area contributed by atoms with Gasteiger partial charge in [0.15, 0.2) is 0 Å². The number of hydrogen-bond acceptors (Lipinski definition) is 5. The molecule has 1 aromatic heterocycles. The number of methoxy groups -OCH3 is 1. The smallest absolute Gasteiger partial charge is 0.313 e. The minimum absolute atomic E-state index is 0.0485. The molecule has 0 bridgehead atoms. The van der Waals surface area contributed by atoms with Gasteiger partial charge in [-0.2, -0.15) is 0 Å². The Labute approximate surface area is 125 Å². The molecule has 1 aromatic rings. The average molecular weight is 289 g/mol. The predicted molar refractivity (Wildman–Crippen MR) is 80.2 cm³/mol. The number of nitrogens with zero attached hydrogens (tertiary/aromatic N) is 3. The van der Waals surface area contributed by atoms with Gasteiger partial charge in [0.2, 0.25) is 0 Å². The molecule has 21 heavy (non-hydrogen) atoms. The van der Waals surface area contributed by atoms with Gasteiger partial charge in [-0.3, -0.25) is 4.79 Å². The molecule has 1 saturated heterocycles. The van der Waals surface area contributed by atoms with Crippen LogP contribution < -0.4 is 4.90 Å². The zero-order chi connectivity index (χ0) is 15.2. The Morgan fingerprint density at radius 3 is 2.81 bits per heavy atom. The molecule has 3 rings (SSSR count). The summed E-state index contributed by atoms with van der Waals surface area (Å²) in [6, 6.07) is 0. The fourth-order valence-corrected chi connectivity index (χ4v) is 4.05. The zero-order valence-electron chi connectivity index (χ0n) is 13.3. The molecule has 2 aliphatic rings. The fourth-order valence-electron chi connectivity index (χ4n) is 4.05. The van der Waals surface area contributed by atoms with Crippen molar-refractivity contribution in [3.05, 3.63) is 17.1 Å². The van der Waals surface area contributed by atoms with Crippen molar-refractivity contribution >= 4 is 11.8 Å². The normalized spacial score (nSPS) is 27.8. The third-order valence-electron chi connectivity index (χ3n) is 5.24. The average Bonchev–Trinajstić information content (AvgIpc) is 2.99. The van der Waals surface area contributed by atoms with E-state index in [9.17, 15) is 4.79 Å². The molecule has 2 heterocycles. The summed E-state index contributed by atoms with van der Waals surface area (Å²) in [4.78, 5) is 23.6. The van der Waals surface area contributed by atoms with Crippen molar-refractivity contribution < 1.29 is 9.53 Å². The van der Waals surface area contributed by atoms with Crippen molar-refractivity contribution in [2.45, 2.75) is 40.0 Å². The van der Waals surface area contributed by atoms with E-state index in [1.54, 1.807) is 0 Å². The quantitative estimate of drug-likeness (QED) is 0.781. The van der Waals surface area contributed by atoms with E-state index < -0.39 is 0 Å². The molecular formula is C16H23N3O2. The number of ether oxygens (including phenoxy) is 1. The monoisotopic (exact) mass is 289 g/mol. The van der Waals surface area contributed by atoms with E-state index in [1.807, 2.05) is 13.8 Å². The molecule has 5 heteroatoms. The lowest BCUT2D eigenvalue weighted by Gasteiger charge is -2.26. The van der Waals surface area contributed by atoms with Crippen LogP contribution >= 0.6 is 0 Å². The van der Waals surface area contributed by atoms with Crippen molar-refractivity contribution in [3.63, 3.8) is 0 Å². The summed E-state index contributed by atoms with van der Waals surface area (Å²) in [5.41, 5.74) is 1.80. The van der Waals surface area contributed by atoms with E-state index in [-0.39, 0.29) is 11.4 Å². The summed E-state index contributed by atoms with van der Waals surface area (Å²) < 4.78 is 5.10. The van der Waals surface area contributed by atoms with Crippen LogP contribution in [0.5, 0.6) is 0 Å². The Kier molecular flexibility index (Phi) is 3.38. The lowest BCUT2D eigenvalue weighted by atomic mass is 9.81. The SMILES string of the molecule is COC(=O)C12CCCC1CN(c1nc(C)nc(C)c1C)C2. The highest BCUT2D eigenvalue weighted by atomic mass is 16.5. The fraction of sp³-hybridized carbons (Fsp3) is 0.688. The van der Waals surface area contributed by atoms with Crippen LogP contribution in [0, 0.1) is 32.1 Å². The standard InChI is InChI=1S/C16H23N3O2/c1-10-11(2)17-12(3)18-14(10)19-8-13-6-5-7-16(13,9-19)15(20)21-4/h13H,5-9H2,1-4H3. The van der Waals surface area contributed by atoms with Crippen LogP contribution in [0.15, 0.2) is 0 Å². The van der Waals surface area contributed by atoms with Gasteiger partial charge >= 0.3 is 5.97 Å². The number of hydrogen-bond donors (Lipinski definition) is 0. The molecule has 2 unspecified atom stereocenters. The molecule has 5 nitrogen and oxygen atoms in total. The summed E-state index contributed by atoms with van der Waals surface area (Å²) in [6.45, 7) is 7.61. The highest BCUT2D eigenvalue weighted by Crippen LogP contribution is 2.50. The van der Waals surface area contributed by atoms with E-state index in [0.29, 0.717) is 5.92 Å². The van der Waals surface area contributed by atoms with Crippen LogP contribution in [0.1, 0.15) is 36.3 Å². The van der Waals surface area contributed by atoms with Crippen molar-refractivity contribution in [2.24, 2.45) is 11.3 Å². The van der Waals surface area contributed by atoms with Crippen LogP contribution in [-0.2, 0) is 9.53 Å². The summed E-state index contributed by atoms with van der Waals surface area (Å²) in [5, 5.41) is 0. The van der Waals surface area contributed by atoms with Gasteiger partial charge in [-0.15, -0.1) is 0 Å². The van der Waals surface area contributed by atoms with E-state index in [1.165, 1.54) is 7.11 Å². The van der Waals surface area contributed by atoms with Gasteiger partial charge < -0.3 is 9.64 Å². The minimum atomic E-state index is -0.325. The second kappa shape index (κ2) is 4.97. The van der Waals surface area contributed by atoms with Crippen LogP contribution in [0.3, 0.4) is 0 Å². The van der Waals surface area contributed by atoms with Gasteiger partial charge in [0, 0.05) is 24.3 Å². The van der Waals surface area contributed by atoms with Crippen LogP contribution in [-0.4, -0.2) is 36.1 Å². The maximum Gasteiger partial charge on any atom is 0.313 e. The number of carbonyl (C=O) groups excluding carboxylic acids is 1. The van der Waals surface area contributed by atoms with E-state index in [0.717, 1.165) is 55.3 Å². The Bertz CT molecular complexity index is 587. The minimum Gasteiger partial charge on any atom is -0.469 e. The molecule has 114 valence electrons. The van der Waals surface area contributed by atoms with Crippen LogP contribution in [0.2, 0.25) is 0 Å². The first-order valence-corrected chi connectivity index (χ1v) is 7.63. The number of carbonyl (C=O) groups is 1. The third kappa shape index (κ3) is 2.10. The molecular weight excluding hydrogens is 266 g/mol. The number of anilines is 1. The largest absolute Gasteiger partial charge is 0.469 e. The Balaban J connectivity index is 1.96. The first-order valence-electron chi connectivity index (χ1n) is 7.63. The first-order chi connectivity index (χ1) is 9.98. The van der Waals surface area contributed by atoms with Crippen molar-refractivity contribution in [1.29, 1.82) is 0 Å². The van der Waals surface area contributed by atoms with Crippen LogP contribution in [0.25, 0.3) is 0 Å². The third-order valence-corrected chi connectivity index (χ3v) is 5.24. The molecule has 1 aliphatic carbocycles. The topological polar surface area (TPSA) is 55.3 Å². The van der Waals surface area contributed by atoms with Crippen LogP contribution in [0.4, 0.5) is 5.82 Å². The Hall–Kier alpha value is -1.65. The summed E-state index contributed by atoms with van der Waals surface area (Å²) >= 11 is 0. The van der Waals surface area contributed by atoms with Gasteiger partial charge in [-0.1, -0.05) is 6.42 Å². The number of aromatic nitrogens is 2. The first kappa shape index (κ1) is 14.3. The molecule has 2 fully saturated rings. The molecule has 0 N–H and O–H groups in total. The maximum atomic E-state index is 12.3. The molecule has 1 aliphatic heterocycles. The molecule has 0 spiro atoms. The number of aryl methyl sites for hydroxylation is 2. The predicted octanol–water partition coefficient (Wildman–Crippen LogP) is 2.18.